The average molecular weight is 175 g/mol. The molecule has 6 heteroatoms. The van der Waals surface area contributed by atoms with E-state index in [0.29, 0.717) is 5.03 Å². The van der Waals surface area contributed by atoms with Gasteiger partial charge in [-0.3, -0.25) is 5.41 Å². The molecule has 0 amide bonds. The number of nitrogen functional groups attached to an aromatic ring is 1. The second-order valence-electron chi connectivity index (χ2n) is 1.56. The fourth-order valence-electron chi connectivity index (χ4n) is 0.419. The fourth-order valence-corrected chi connectivity index (χ4v) is 0.692. The highest BCUT2D eigenvalue weighted by molar-refractivity contribution is 7.83. The van der Waals surface area contributed by atoms with E-state index in [2.05, 4.69) is 30.2 Å². The zero-order chi connectivity index (χ0) is 7.72. The van der Waals surface area contributed by atoms with Crippen LogP contribution in [0.4, 0.5) is 0 Å². The van der Waals surface area contributed by atoms with Crippen LogP contribution in [0.15, 0.2) is 14.5 Å². The second-order valence-corrected chi connectivity index (χ2v) is 2.39. The van der Waals surface area contributed by atoms with Gasteiger partial charge in [-0.1, -0.05) is 0 Å². The molecule has 0 aromatic carbocycles. The van der Waals surface area contributed by atoms with Gasteiger partial charge in [-0.2, -0.15) is 4.98 Å². The van der Waals surface area contributed by atoms with Crippen LogP contribution >= 0.6 is 25.3 Å². The highest BCUT2D eigenvalue weighted by Gasteiger charge is 2.07. The van der Waals surface area contributed by atoms with Gasteiger partial charge in [0, 0.05) is 0 Å². The van der Waals surface area contributed by atoms with E-state index in [1.54, 1.807) is 0 Å². The lowest BCUT2D eigenvalue weighted by Gasteiger charge is -1.84. The lowest BCUT2D eigenvalue weighted by molar-refractivity contribution is 0.454. The molecule has 0 saturated carbocycles. The summed E-state index contributed by atoms with van der Waals surface area (Å²) in [5.74, 6) is -0.175. The van der Waals surface area contributed by atoms with Crippen molar-refractivity contribution < 1.29 is 4.42 Å². The summed E-state index contributed by atoms with van der Waals surface area (Å²) in [6.07, 6.45) is 0. The summed E-state index contributed by atoms with van der Waals surface area (Å²) < 4.78 is 4.80. The van der Waals surface area contributed by atoms with Crippen molar-refractivity contribution in [1.29, 1.82) is 5.41 Å². The highest BCUT2D eigenvalue weighted by Crippen LogP contribution is 2.17. The van der Waals surface area contributed by atoms with E-state index >= 15 is 0 Å². The fraction of sp³-hybridized carbons (Fsp3) is 0. The summed E-state index contributed by atoms with van der Waals surface area (Å²) in [6, 6.07) is 0. The predicted octanol–water partition coefficient (Wildman–Crippen LogP) is 0.536. The van der Waals surface area contributed by atoms with E-state index in [1.807, 2.05) is 0 Å². The monoisotopic (exact) mass is 175 g/mol. The molecule has 4 nitrogen and oxygen atoms in total. The standard InChI is InChI=1S/C4H5N3OS2/c5-1(6)2-7-3(9)4(10)8-2/h9-10H,(H3,5,6). The molecule has 0 fully saturated rings. The molecule has 1 rings (SSSR count). The first-order valence-corrected chi connectivity index (χ1v) is 3.24. The minimum atomic E-state index is -0.226. The Kier molecular flexibility index (Phi) is 1.91. The van der Waals surface area contributed by atoms with Crippen LogP contribution in [0, 0.1) is 5.41 Å². The minimum absolute atomic E-state index is 0.0509. The number of amidine groups is 1. The zero-order valence-corrected chi connectivity index (χ0v) is 6.62. The first kappa shape index (κ1) is 7.49. The average Bonchev–Trinajstić information content (AvgIpc) is 2.13. The highest BCUT2D eigenvalue weighted by atomic mass is 32.1. The molecule has 1 aromatic rings. The van der Waals surface area contributed by atoms with Gasteiger partial charge in [-0.25, -0.2) is 0 Å². The molecule has 1 heterocycles. The van der Waals surface area contributed by atoms with Crippen LogP contribution in [0.3, 0.4) is 0 Å². The quantitative estimate of drug-likeness (QED) is 0.286. The smallest absolute Gasteiger partial charge is 0.263 e. The van der Waals surface area contributed by atoms with Gasteiger partial charge in [0.05, 0.1) is 0 Å². The summed E-state index contributed by atoms with van der Waals surface area (Å²) in [5, 5.41) is 7.51. The summed E-state index contributed by atoms with van der Waals surface area (Å²) in [7, 11) is 0. The molecule has 0 bridgehead atoms. The normalized spacial score (nSPS) is 9.80. The molecule has 0 atom stereocenters. The molecular formula is C4H5N3OS2. The molecule has 0 radical (unpaired) electrons. The van der Waals surface area contributed by atoms with Crippen LogP contribution < -0.4 is 5.73 Å². The maximum Gasteiger partial charge on any atom is 0.263 e. The van der Waals surface area contributed by atoms with Crippen LogP contribution in [0.25, 0.3) is 0 Å². The van der Waals surface area contributed by atoms with Crippen LogP contribution in [-0.2, 0) is 0 Å². The molecule has 1 aromatic heterocycles. The van der Waals surface area contributed by atoms with Crippen molar-refractivity contribution in [1.82, 2.24) is 4.98 Å². The van der Waals surface area contributed by atoms with E-state index in [4.69, 9.17) is 15.6 Å². The largest absolute Gasteiger partial charge is 0.426 e. The Balaban J connectivity index is 3.10. The van der Waals surface area contributed by atoms with Gasteiger partial charge in [0.15, 0.2) is 10.9 Å². The Morgan fingerprint density at radius 3 is 2.40 bits per heavy atom. The van der Waals surface area contributed by atoms with E-state index in [0.717, 1.165) is 0 Å². The number of hydrogen-bond donors (Lipinski definition) is 4. The van der Waals surface area contributed by atoms with Crippen molar-refractivity contribution in [3.8, 4) is 0 Å². The Morgan fingerprint density at radius 2 is 2.20 bits per heavy atom. The summed E-state index contributed by atoms with van der Waals surface area (Å²) in [5.41, 5.74) is 5.06. The molecule has 0 saturated heterocycles. The van der Waals surface area contributed by atoms with Gasteiger partial charge in [0.2, 0.25) is 0 Å². The third-order valence-electron chi connectivity index (χ3n) is 0.822. The first-order valence-electron chi connectivity index (χ1n) is 2.34. The predicted molar refractivity (Wildman–Crippen MR) is 42.0 cm³/mol. The maximum absolute atomic E-state index is 6.90. The summed E-state index contributed by atoms with van der Waals surface area (Å²) in [4.78, 5) is 3.68. The van der Waals surface area contributed by atoms with Gasteiger partial charge < -0.3 is 10.2 Å². The molecule has 3 N–H and O–H groups in total. The van der Waals surface area contributed by atoms with Gasteiger partial charge in [0.1, 0.15) is 5.03 Å². The van der Waals surface area contributed by atoms with Crippen molar-refractivity contribution in [2.45, 2.75) is 10.1 Å². The summed E-state index contributed by atoms with van der Waals surface area (Å²) in [6.45, 7) is 0. The van der Waals surface area contributed by atoms with E-state index in [1.165, 1.54) is 0 Å². The minimum Gasteiger partial charge on any atom is -0.426 e. The topological polar surface area (TPSA) is 75.9 Å². The van der Waals surface area contributed by atoms with E-state index in [9.17, 15) is 0 Å². The molecule has 0 aliphatic rings. The van der Waals surface area contributed by atoms with Gasteiger partial charge in [-0.05, 0) is 0 Å². The number of rotatable bonds is 1. The number of nitrogens with zero attached hydrogens (tertiary/aromatic N) is 1. The van der Waals surface area contributed by atoms with Crippen molar-refractivity contribution >= 4 is 31.1 Å². The van der Waals surface area contributed by atoms with Crippen molar-refractivity contribution in [3.63, 3.8) is 0 Å². The number of nitrogens with one attached hydrogen (secondary N) is 1. The number of aromatic nitrogens is 1. The third-order valence-corrected chi connectivity index (χ3v) is 1.61. The summed E-state index contributed by atoms with van der Waals surface area (Å²) >= 11 is 7.74. The first-order chi connectivity index (χ1) is 4.61. The Hall–Kier alpha value is -0.620. The van der Waals surface area contributed by atoms with Crippen LogP contribution in [0.2, 0.25) is 0 Å². The van der Waals surface area contributed by atoms with E-state index in [-0.39, 0.29) is 16.8 Å². The Bertz CT molecular complexity index is 250. The lowest BCUT2D eigenvalue weighted by atomic mass is 10.6. The van der Waals surface area contributed by atoms with Gasteiger partial charge in [-0.15, -0.1) is 25.3 Å². The van der Waals surface area contributed by atoms with Crippen molar-refractivity contribution in [3.05, 3.63) is 5.89 Å². The molecule has 0 unspecified atom stereocenters. The lowest BCUT2D eigenvalue weighted by Crippen LogP contribution is -2.10. The number of nitrogens with two attached hydrogens (primary N) is 1. The molecular weight excluding hydrogens is 170 g/mol. The Labute approximate surface area is 68.1 Å². The zero-order valence-electron chi connectivity index (χ0n) is 4.83. The maximum atomic E-state index is 6.90. The Morgan fingerprint density at radius 1 is 1.60 bits per heavy atom. The van der Waals surface area contributed by atoms with Gasteiger partial charge in [0.25, 0.3) is 5.89 Å². The number of hydrogen-bond acceptors (Lipinski definition) is 5. The second kappa shape index (κ2) is 2.55. The van der Waals surface area contributed by atoms with Crippen LogP contribution in [-0.4, -0.2) is 10.8 Å². The molecule has 0 aliphatic heterocycles. The number of thiol groups is 2. The molecule has 10 heavy (non-hydrogen) atoms. The number of oxazole rings is 1. The molecule has 0 spiro atoms. The molecule has 0 aliphatic carbocycles. The third kappa shape index (κ3) is 1.27. The van der Waals surface area contributed by atoms with Crippen LogP contribution in [0.1, 0.15) is 5.89 Å². The van der Waals surface area contributed by atoms with Gasteiger partial charge >= 0.3 is 0 Å². The van der Waals surface area contributed by atoms with Crippen molar-refractivity contribution in [2.75, 3.05) is 0 Å². The SMILES string of the molecule is N=C(N)c1nc(S)c(S)o1. The van der Waals surface area contributed by atoms with Crippen molar-refractivity contribution in [2.24, 2.45) is 5.73 Å². The van der Waals surface area contributed by atoms with Crippen LogP contribution in [0.5, 0.6) is 0 Å². The van der Waals surface area contributed by atoms with E-state index < -0.39 is 0 Å². The molecule has 54 valence electrons.